The number of rotatable bonds is 5. The Bertz CT molecular complexity index is 266. The molecule has 0 aliphatic heterocycles. The van der Waals surface area contributed by atoms with Crippen LogP contribution in [0.4, 0.5) is 0 Å². The van der Waals surface area contributed by atoms with E-state index in [1.807, 2.05) is 0 Å². The van der Waals surface area contributed by atoms with Crippen LogP contribution in [0.5, 0.6) is 0 Å². The average Bonchev–Trinajstić information content (AvgIpc) is 2.23. The molecule has 2 N–H and O–H groups in total. The number of esters is 1. The summed E-state index contributed by atoms with van der Waals surface area (Å²) < 4.78 is 4.76. The van der Waals surface area contributed by atoms with E-state index in [0.29, 0.717) is 5.17 Å². The van der Waals surface area contributed by atoms with Crippen LogP contribution in [0.25, 0.3) is 0 Å². The fourth-order valence-electron chi connectivity index (χ4n) is 0.673. The maximum absolute atomic E-state index is 11.3. The van der Waals surface area contributed by atoms with Gasteiger partial charge in [0.05, 0.1) is 13.2 Å². The molecule has 0 aromatic heterocycles. The molecule has 0 heterocycles. The van der Waals surface area contributed by atoms with Crippen molar-refractivity contribution < 1.29 is 14.4 Å². The highest BCUT2D eigenvalue weighted by Crippen LogP contribution is 1.94. The summed E-state index contributed by atoms with van der Waals surface area (Å²) >= 11 is 1.29. The minimum atomic E-state index is -0.544. The van der Waals surface area contributed by atoms with E-state index >= 15 is 0 Å². The predicted octanol–water partition coefficient (Wildman–Crippen LogP) is 0.230. The van der Waals surface area contributed by atoms with Crippen molar-refractivity contribution >= 4 is 28.6 Å². The van der Waals surface area contributed by atoms with E-state index in [1.54, 1.807) is 13.2 Å². The molecule has 0 spiro atoms. The second kappa shape index (κ2) is 8.10. The maximum Gasteiger partial charge on any atom is 0.358 e. The Kier molecular flexibility index (Phi) is 7.43. The van der Waals surface area contributed by atoms with Gasteiger partial charge >= 0.3 is 5.97 Å². The first-order valence-electron chi connectivity index (χ1n) is 4.26. The zero-order valence-electron chi connectivity index (χ0n) is 9.02. The summed E-state index contributed by atoms with van der Waals surface area (Å²) in [6.07, 6.45) is 1.79. The lowest BCUT2D eigenvalue weighted by molar-refractivity contribution is -0.135. The summed E-state index contributed by atoms with van der Waals surface area (Å²) in [5, 5.41) is 3.90. The van der Waals surface area contributed by atoms with Gasteiger partial charge in [-0.2, -0.15) is 0 Å². The lowest BCUT2D eigenvalue weighted by Gasteiger charge is -2.02. The summed E-state index contributed by atoms with van der Waals surface area (Å²) in [7, 11) is 1.35. The molecule has 0 radical (unpaired) electrons. The minimum Gasteiger partial charge on any atom is -0.461 e. The van der Waals surface area contributed by atoms with Crippen LogP contribution in [0.2, 0.25) is 0 Å². The molecule has 0 aliphatic carbocycles. The van der Waals surface area contributed by atoms with Crippen molar-refractivity contribution in [2.45, 2.75) is 6.92 Å². The van der Waals surface area contributed by atoms with Crippen molar-refractivity contribution in [3.05, 3.63) is 0 Å². The lowest BCUT2D eigenvalue weighted by atomic mass is 10.4. The number of oxime groups is 1. The molecule has 0 saturated heterocycles. The minimum absolute atomic E-state index is 0.0549. The number of ether oxygens (including phenoxy) is 1. The highest BCUT2D eigenvalue weighted by Gasteiger charge is 2.12. The fourth-order valence-corrected chi connectivity index (χ4v) is 0.866. The maximum atomic E-state index is 11.3. The summed E-state index contributed by atoms with van der Waals surface area (Å²) in [6.45, 7) is 2.05. The van der Waals surface area contributed by atoms with E-state index in [1.165, 1.54) is 18.9 Å². The molecule has 0 saturated carbocycles. The Morgan fingerprint density at radius 2 is 2.20 bits per heavy atom. The first-order valence-corrected chi connectivity index (χ1v) is 5.49. The topological polar surface area (TPSA) is 86.3 Å². The largest absolute Gasteiger partial charge is 0.461 e. The van der Waals surface area contributed by atoms with Crippen molar-refractivity contribution in [1.82, 2.24) is 0 Å². The number of nitrogens with two attached hydrogens (primary N) is 1. The van der Waals surface area contributed by atoms with Gasteiger partial charge in [-0.1, -0.05) is 16.9 Å². The molecule has 15 heavy (non-hydrogen) atoms. The second-order valence-corrected chi connectivity index (χ2v) is 3.13. The van der Waals surface area contributed by atoms with Crippen molar-refractivity contribution in [2.24, 2.45) is 15.9 Å². The van der Waals surface area contributed by atoms with Crippen molar-refractivity contribution in [3.8, 4) is 0 Å². The quantitative estimate of drug-likeness (QED) is 0.318. The zero-order chi connectivity index (χ0) is 11.7. The summed E-state index contributed by atoms with van der Waals surface area (Å²) in [6, 6.07) is 0. The van der Waals surface area contributed by atoms with Crippen molar-refractivity contribution in [1.29, 1.82) is 0 Å². The van der Waals surface area contributed by atoms with Crippen molar-refractivity contribution in [2.75, 3.05) is 26.5 Å². The molecular formula is C8H15N3O3S. The Morgan fingerprint density at radius 3 is 2.67 bits per heavy atom. The molecule has 0 bridgehead atoms. The van der Waals surface area contributed by atoms with Gasteiger partial charge in [0, 0.05) is 0 Å². The normalized spacial score (nSPS) is 12.5. The highest BCUT2D eigenvalue weighted by molar-refractivity contribution is 8.13. The molecule has 0 atom stereocenters. The Hall–Kier alpha value is -1.24. The summed E-state index contributed by atoms with van der Waals surface area (Å²) in [4.78, 5) is 19.7. The van der Waals surface area contributed by atoms with E-state index < -0.39 is 5.97 Å². The van der Waals surface area contributed by atoms with Crippen LogP contribution in [0.1, 0.15) is 6.92 Å². The zero-order valence-corrected chi connectivity index (χ0v) is 9.84. The molecule has 0 aliphatic rings. The number of nitrogens with zero attached hydrogens (tertiary/aromatic N) is 2. The molecule has 7 heteroatoms. The van der Waals surface area contributed by atoms with Crippen LogP contribution in [-0.4, -0.2) is 43.4 Å². The van der Waals surface area contributed by atoms with Gasteiger partial charge in [0.25, 0.3) is 0 Å². The summed E-state index contributed by atoms with van der Waals surface area (Å²) in [5.74, 6) is -0.544. The first kappa shape index (κ1) is 13.8. The number of thioether (sulfide) groups is 1. The first-order chi connectivity index (χ1) is 7.15. The predicted molar refractivity (Wildman–Crippen MR) is 61.1 cm³/mol. The smallest absolute Gasteiger partial charge is 0.358 e. The number of hydrogen-bond acceptors (Lipinski definition) is 6. The number of aliphatic imine (C=N–C) groups is 1. The van der Waals surface area contributed by atoms with Gasteiger partial charge in [-0.15, -0.1) is 0 Å². The van der Waals surface area contributed by atoms with E-state index in [9.17, 15) is 4.79 Å². The number of carbonyl (C=O) groups is 1. The molecular weight excluding hydrogens is 218 g/mol. The molecule has 86 valence electrons. The molecule has 0 rings (SSSR count). The van der Waals surface area contributed by atoms with Crippen LogP contribution in [0.15, 0.2) is 10.1 Å². The van der Waals surface area contributed by atoms with Gasteiger partial charge in [-0.25, -0.2) is 4.79 Å². The van der Waals surface area contributed by atoms with E-state index in [2.05, 4.69) is 15.0 Å². The SMILES string of the molecule is CCOC(=O)/C(CN=C(N)SC)=N\OC. The van der Waals surface area contributed by atoms with Crippen LogP contribution in [-0.2, 0) is 14.4 Å². The van der Waals surface area contributed by atoms with Crippen LogP contribution < -0.4 is 5.73 Å². The van der Waals surface area contributed by atoms with Gasteiger partial charge in [-0.3, -0.25) is 4.99 Å². The van der Waals surface area contributed by atoms with Gasteiger partial charge in [0.15, 0.2) is 10.9 Å². The molecule has 6 nitrogen and oxygen atoms in total. The molecule has 0 fully saturated rings. The Labute approximate surface area is 92.9 Å². The Balaban J connectivity index is 4.42. The van der Waals surface area contributed by atoms with Crippen LogP contribution >= 0.6 is 11.8 Å². The van der Waals surface area contributed by atoms with Gasteiger partial charge in [0.2, 0.25) is 0 Å². The lowest BCUT2D eigenvalue weighted by Crippen LogP contribution is -2.22. The molecule has 0 amide bonds. The van der Waals surface area contributed by atoms with E-state index in [4.69, 9.17) is 10.5 Å². The van der Waals surface area contributed by atoms with E-state index in [0.717, 1.165) is 0 Å². The number of carbonyl (C=O) groups excluding carboxylic acids is 1. The van der Waals surface area contributed by atoms with E-state index in [-0.39, 0.29) is 18.9 Å². The molecule has 0 unspecified atom stereocenters. The second-order valence-electron chi connectivity index (χ2n) is 2.30. The highest BCUT2D eigenvalue weighted by atomic mass is 32.2. The van der Waals surface area contributed by atoms with Gasteiger partial charge in [0.1, 0.15) is 7.11 Å². The number of amidine groups is 1. The summed E-state index contributed by atoms with van der Waals surface area (Å²) in [5.41, 5.74) is 5.55. The van der Waals surface area contributed by atoms with Gasteiger partial charge in [-0.05, 0) is 13.2 Å². The molecule has 0 aromatic rings. The average molecular weight is 233 g/mol. The third kappa shape index (κ3) is 5.95. The van der Waals surface area contributed by atoms with Crippen LogP contribution in [0, 0.1) is 0 Å². The standard InChI is InChI=1S/C8H15N3O3S/c1-4-14-7(12)6(11-13-2)5-10-8(9)15-3/h4-5H2,1-3H3,(H2,9,10)/b11-6-. The monoisotopic (exact) mass is 233 g/mol. The third-order valence-corrected chi connectivity index (χ3v) is 1.85. The van der Waals surface area contributed by atoms with Crippen LogP contribution in [0.3, 0.4) is 0 Å². The Morgan fingerprint density at radius 1 is 1.53 bits per heavy atom. The number of hydrogen-bond donors (Lipinski definition) is 1. The third-order valence-electron chi connectivity index (χ3n) is 1.31. The van der Waals surface area contributed by atoms with Gasteiger partial charge < -0.3 is 15.3 Å². The molecule has 0 aromatic carbocycles. The fraction of sp³-hybridized carbons (Fsp3) is 0.625. The van der Waals surface area contributed by atoms with Crippen molar-refractivity contribution in [3.63, 3.8) is 0 Å².